The van der Waals surface area contributed by atoms with Crippen molar-refractivity contribution in [2.75, 3.05) is 18.5 Å². The molecule has 3 amide bonds. The zero-order valence-corrected chi connectivity index (χ0v) is 21.2. The topological polar surface area (TPSA) is 102 Å². The molecular weight excluding hydrogens is 541 g/mol. The monoisotopic (exact) mass is 563 g/mol. The number of primary amides is 1. The number of nitrogens with two attached hydrogens (primary N) is 1. The lowest BCUT2D eigenvalue weighted by Gasteiger charge is -2.23. The Balaban J connectivity index is 1.44. The summed E-state index contributed by atoms with van der Waals surface area (Å²) in [6, 6.07) is 20.4. The number of benzene rings is 3. The molecule has 188 valence electrons. The van der Waals surface area contributed by atoms with Gasteiger partial charge < -0.3 is 20.7 Å². The van der Waals surface area contributed by atoms with Crippen LogP contribution in [0.1, 0.15) is 17.4 Å². The summed E-state index contributed by atoms with van der Waals surface area (Å²) < 4.78 is 22.3. The van der Waals surface area contributed by atoms with Crippen LogP contribution in [0.15, 0.2) is 83.5 Å². The van der Waals surface area contributed by atoms with E-state index in [9.17, 15) is 14.0 Å². The van der Waals surface area contributed by atoms with Crippen molar-refractivity contribution in [3.05, 3.63) is 100 Å². The number of carbonyl (C=O) groups excluding carboxylic acids is 2. The lowest BCUT2D eigenvalue weighted by molar-refractivity contribution is -0.128. The number of anilines is 1. The predicted octanol–water partition coefficient (Wildman–Crippen LogP) is 5.03. The Labute approximate surface area is 221 Å². The molecule has 2 heterocycles. The molecule has 1 atom stereocenters. The van der Waals surface area contributed by atoms with Gasteiger partial charge in [0.15, 0.2) is 6.23 Å². The first kappa shape index (κ1) is 24.7. The van der Waals surface area contributed by atoms with E-state index in [0.29, 0.717) is 35.5 Å². The molecule has 1 saturated heterocycles. The maximum absolute atomic E-state index is 13.6. The Kier molecular flexibility index (Phi) is 7.02. The Hall–Kier alpha value is -4.02. The van der Waals surface area contributed by atoms with Crippen LogP contribution in [-0.4, -0.2) is 39.8 Å². The molecule has 0 radical (unpaired) electrons. The first-order chi connectivity index (χ1) is 17.9. The number of hydrogen-bond donors (Lipinski definition) is 2. The molecule has 1 aliphatic rings. The van der Waals surface area contributed by atoms with E-state index in [0.717, 1.165) is 15.7 Å². The van der Waals surface area contributed by atoms with Crippen LogP contribution < -0.4 is 11.1 Å². The average Bonchev–Trinajstić information content (AvgIpc) is 3.48. The predicted molar refractivity (Wildman–Crippen MR) is 140 cm³/mol. The fourth-order valence-corrected chi connectivity index (χ4v) is 4.49. The third-order valence-corrected chi connectivity index (χ3v) is 6.58. The Morgan fingerprint density at radius 3 is 2.46 bits per heavy atom. The summed E-state index contributed by atoms with van der Waals surface area (Å²) in [5.41, 5.74) is 9.60. The van der Waals surface area contributed by atoms with E-state index in [4.69, 9.17) is 15.6 Å². The molecule has 5 rings (SSSR count). The van der Waals surface area contributed by atoms with Gasteiger partial charge in [-0.05, 0) is 72.6 Å². The van der Waals surface area contributed by atoms with Crippen molar-refractivity contribution in [3.8, 4) is 16.9 Å². The van der Waals surface area contributed by atoms with Crippen LogP contribution in [-0.2, 0) is 16.0 Å². The van der Waals surface area contributed by atoms with Gasteiger partial charge in [0.2, 0.25) is 0 Å². The van der Waals surface area contributed by atoms with E-state index in [-0.39, 0.29) is 18.3 Å². The highest BCUT2D eigenvalue weighted by Crippen LogP contribution is 2.35. The van der Waals surface area contributed by atoms with Crippen molar-refractivity contribution in [3.63, 3.8) is 0 Å². The van der Waals surface area contributed by atoms with E-state index in [2.05, 4.69) is 21.2 Å². The van der Waals surface area contributed by atoms with Crippen molar-refractivity contribution in [1.82, 2.24) is 14.7 Å². The number of nitrogens with zero attached hydrogens (tertiary/aromatic N) is 3. The molecule has 0 saturated carbocycles. The summed E-state index contributed by atoms with van der Waals surface area (Å²) in [6.45, 7) is 0.372. The first-order valence-corrected chi connectivity index (χ1v) is 12.3. The highest BCUT2D eigenvalue weighted by molar-refractivity contribution is 9.10. The molecule has 8 nitrogen and oxygen atoms in total. The molecular formula is C27H23BrFN5O3. The smallest absolute Gasteiger partial charge is 0.316 e. The number of aromatic nitrogens is 2. The lowest BCUT2D eigenvalue weighted by atomic mass is 10.1. The van der Waals surface area contributed by atoms with Crippen LogP contribution in [0.2, 0.25) is 0 Å². The molecule has 0 spiro atoms. The highest BCUT2D eigenvalue weighted by Gasteiger charge is 2.36. The second-order valence-corrected chi connectivity index (χ2v) is 9.46. The third kappa shape index (κ3) is 5.55. The highest BCUT2D eigenvalue weighted by atomic mass is 79.9. The van der Waals surface area contributed by atoms with Crippen LogP contribution in [0, 0.1) is 5.82 Å². The van der Waals surface area contributed by atoms with E-state index in [1.54, 1.807) is 33.8 Å². The van der Waals surface area contributed by atoms with Gasteiger partial charge in [-0.2, -0.15) is 5.10 Å². The van der Waals surface area contributed by atoms with Gasteiger partial charge in [0, 0.05) is 34.0 Å². The molecule has 37 heavy (non-hydrogen) atoms. The SMILES string of the molecule is NC(=O)Nc1ccc(CCN2C(=O)CO[C@@H]2c2cn(-c3ccc(Br)cc3)nc2-c2ccc(F)cc2)cc1. The minimum atomic E-state index is -0.646. The Morgan fingerprint density at radius 1 is 1.08 bits per heavy atom. The zero-order valence-electron chi connectivity index (χ0n) is 19.6. The van der Waals surface area contributed by atoms with Gasteiger partial charge in [0.1, 0.15) is 18.1 Å². The second kappa shape index (κ2) is 10.5. The summed E-state index contributed by atoms with van der Waals surface area (Å²) in [5, 5.41) is 7.31. The minimum absolute atomic E-state index is 0.0432. The van der Waals surface area contributed by atoms with Crippen LogP contribution >= 0.6 is 15.9 Å². The molecule has 0 aliphatic carbocycles. The van der Waals surface area contributed by atoms with Gasteiger partial charge >= 0.3 is 6.03 Å². The van der Waals surface area contributed by atoms with Crippen molar-refractivity contribution < 1.29 is 18.7 Å². The molecule has 1 fully saturated rings. The number of ether oxygens (including phenoxy) is 1. The number of hydrogen-bond acceptors (Lipinski definition) is 4. The lowest BCUT2D eigenvalue weighted by Crippen LogP contribution is -2.30. The van der Waals surface area contributed by atoms with E-state index < -0.39 is 12.3 Å². The summed E-state index contributed by atoms with van der Waals surface area (Å²) in [7, 11) is 0. The summed E-state index contributed by atoms with van der Waals surface area (Å²) in [6.07, 6.45) is 1.78. The summed E-state index contributed by atoms with van der Waals surface area (Å²) in [5.74, 6) is -0.470. The summed E-state index contributed by atoms with van der Waals surface area (Å²) >= 11 is 3.45. The van der Waals surface area contributed by atoms with Crippen LogP contribution in [0.3, 0.4) is 0 Å². The number of halogens is 2. The normalized spacial score (nSPS) is 15.2. The van der Waals surface area contributed by atoms with Gasteiger partial charge in [0.05, 0.1) is 5.69 Å². The standard InChI is InChI=1S/C27H23BrFN5O3/c28-19-5-11-22(12-6-19)34-15-23(25(32-34)18-3-7-20(29)8-4-18)26-33(24(35)16-37-26)14-13-17-1-9-21(10-2-17)31-27(30)36/h1-12,15,26H,13-14,16H2,(H3,30,31,36)/t26-/m1/s1. The van der Waals surface area contributed by atoms with Gasteiger partial charge in [-0.3, -0.25) is 4.79 Å². The largest absolute Gasteiger partial charge is 0.351 e. The fraction of sp³-hybridized carbons (Fsp3) is 0.148. The molecule has 1 aliphatic heterocycles. The third-order valence-electron chi connectivity index (χ3n) is 6.05. The second-order valence-electron chi connectivity index (χ2n) is 8.55. The van der Waals surface area contributed by atoms with Crippen LogP contribution in [0.25, 0.3) is 16.9 Å². The molecule has 3 N–H and O–H groups in total. The average molecular weight is 564 g/mol. The zero-order chi connectivity index (χ0) is 25.9. The van der Waals surface area contributed by atoms with E-state index >= 15 is 0 Å². The van der Waals surface area contributed by atoms with E-state index in [1.165, 1.54) is 12.1 Å². The van der Waals surface area contributed by atoms with Crippen molar-refractivity contribution in [1.29, 1.82) is 0 Å². The maximum atomic E-state index is 13.6. The molecule has 1 aromatic heterocycles. The number of urea groups is 1. The quantitative estimate of drug-likeness (QED) is 0.329. The molecule has 10 heteroatoms. The Morgan fingerprint density at radius 2 is 1.78 bits per heavy atom. The van der Waals surface area contributed by atoms with Crippen molar-refractivity contribution in [2.45, 2.75) is 12.6 Å². The van der Waals surface area contributed by atoms with Gasteiger partial charge in [-0.25, -0.2) is 13.9 Å². The van der Waals surface area contributed by atoms with Gasteiger partial charge in [0.25, 0.3) is 5.91 Å². The number of amides is 3. The fourth-order valence-electron chi connectivity index (χ4n) is 4.23. The molecule has 3 aromatic carbocycles. The number of rotatable bonds is 7. The molecule has 0 bridgehead atoms. The summed E-state index contributed by atoms with van der Waals surface area (Å²) in [4.78, 5) is 25.5. The molecule has 4 aromatic rings. The molecule has 0 unspecified atom stereocenters. The Bertz CT molecular complexity index is 1420. The minimum Gasteiger partial charge on any atom is -0.351 e. The van der Waals surface area contributed by atoms with Crippen molar-refractivity contribution in [2.24, 2.45) is 5.73 Å². The maximum Gasteiger partial charge on any atom is 0.316 e. The number of carbonyl (C=O) groups is 2. The van der Waals surface area contributed by atoms with Gasteiger partial charge in [-0.15, -0.1) is 0 Å². The number of nitrogens with one attached hydrogen (secondary N) is 1. The first-order valence-electron chi connectivity index (χ1n) is 11.6. The van der Waals surface area contributed by atoms with Gasteiger partial charge in [-0.1, -0.05) is 28.1 Å². The van der Waals surface area contributed by atoms with Crippen LogP contribution in [0.5, 0.6) is 0 Å². The van der Waals surface area contributed by atoms with Crippen molar-refractivity contribution >= 4 is 33.6 Å². The van der Waals surface area contributed by atoms with E-state index in [1.807, 2.05) is 42.6 Å². The van der Waals surface area contributed by atoms with Crippen LogP contribution in [0.4, 0.5) is 14.9 Å².